The summed E-state index contributed by atoms with van der Waals surface area (Å²) in [7, 11) is 3.80. The van der Waals surface area contributed by atoms with Crippen molar-refractivity contribution in [3.8, 4) is 0 Å². The van der Waals surface area contributed by atoms with E-state index < -0.39 is 5.60 Å². The van der Waals surface area contributed by atoms with Crippen molar-refractivity contribution in [2.75, 3.05) is 27.2 Å². The van der Waals surface area contributed by atoms with E-state index in [9.17, 15) is 15.2 Å². The molecule has 1 atom stereocenters. The van der Waals surface area contributed by atoms with Gasteiger partial charge in [-0.2, -0.15) is 0 Å². The molecule has 6 heteroatoms. The zero-order chi connectivity index (χ0) is 15.3. The van der Waals surface area contributed by atoms with Crippen molar-refractivity contribution in [2.45, 2.75) is 26.0 Å². The van der Waals surface area contributed by atoms with E-state index in [1.165, 1.54) is 0 Å². The second kappa shape index (κ2) is 6.78. The van der Waals surface area contributed by atoms with E-state index in [2.05, 4.69) is 5.32 Å². The number of hydrogen-bond donors (Lipinski definition) is 2. The van der Waals surface area contributed by atoms with Crippen molar-refractivity contribution in [1.82, 2.24) is 10.2 Å². The summed E-state index contributed by atoms with van der Waals surface area (Å²) < 4.78 is 0. The van der Waals surface area contributed by atoms with Gasteiger partial charge in [-0.1, -0.05) is 12.1 Å². The highest BCUT2D eigenvalue weighted by atomic mass is 16.6. The van der Waals surface area contributed by atoms with Crippen LogP contribution in [-0.4, -0.2) is 47.7 Å². The Morgan fingerprint density at radius 1 is 1.45 bits per heavy atom. The summed E-state index contributed by atoms with van der Waals surface area (Å²) in [6, 6.07) is 5.17. The van der Waals surface area contributed by atoms with Crippen LogP contribution in [-0.2, 0) is 6.54 Å². The Bertz CT molecular complexity index is 473. The van der Waals surface area contributed by atoms with Gasteiger partial charge < -0.3 is 15.3 Å². The SMILES string of the molecule is Cc1ccc(CNCC(C)(O)CN(C)C)cc1[N+](=O)[O-]. The fraction of sp³-hybridized carbons (Fsp3) is 0.571. The van der Waals surface area contributed by atoms with Crippen LogP contribution in [0.2, 0.25) is 0 Å². The zero-order valence-corrected chi connectivity index (χ0v) is 12.5. The van der Waals surface area contributed by atoms with E-state index in [0.29, 0.717) is 25.2 Å². The second-order valence-corrected chi connectivity index (χ2v) is 5.72. The summed E-state index contributed by atoms with van der Waals surface area (Å²) in [6.45, 7) is 4.94. The van der Waals surface area contributed by atoms with Gasteiger partial charge in [0.15, 0.2) is 0 Å². The van der Waals surface area contributed by atoms with Crippen LogP contribution in [0, 0.1) is 17.0 Å². The molecule has 0 spiro atoms. The first-order valence-electron chi connectivity index (χ1n) is 6.53. The molecular formula is C14H23N3O3. The highest BCUT2D eigenvalue weighted by Crippen LogP contribution is 2.19. The average molecular weight is 281 g/mol. The third-order valence-electron chi connectivity index (χ3n) is 2.96. The smallest absolute Gasteiger partial charge is 0.272 e. The normalized spacial score (nSPS) is 14.3. The zero-order valence-electron chi connectivity index (χ0n) is 12.5. The Morgan fingerprint density at radius 3 is 2.65 bits per heavy atom. The van der Waals surface area contributed by atoms with Crippen molar-refractivity contribution >= 4 is 5.69 Å². The maximum Gasteiger partial charge on any atom is 0.272 e. The topological polar surface area (TPSA) is 78.6 Å². The third kappa shape index (κ3) is 5.24. The molecule has 0 fully saturated rings. The lowest BCUT2D eigenvalue weighted by molar-refractivity contribution is -0.385. The van der Waals surface area contributed by atoms with Gasteiger partial charge in [0.05, 0.1) is 10.5 Å². The van der Waals surface area contributed by atoms with Crippen molar-refractivity contribution in [1.29, 1.82) is 0 Å². The molecule has 1 unspecified atom stereocenters. The van der Waals surface area contributed by atoms with E-state index in [1.807, 2.05) is 25.1 Å². The molecule has 0 aliphatic carbocycles. The standard InChI is InChI=1S/C14H23N3O3/c1-11-5-6-12(7-13(11)17(19)20)8-15-9-14(2,18)10-16(3)4/h5-7,15,18H,8-10H2,1-4H3. The summed E-state index contributed by atoms with van der Waals surface area (Å²) in [5, 5.41) is 24.1. The number of rotatable bonds is 7. The van der Waals surface area contributed by atoms with Gasteiger partial charge in [0.25, 0.3) is 5.69 Å². The molecule has 0 heterocycles. The number of nitro groups is 1. The molecule has 0 aromatic heterocycles. The van der Waals surface area contributed by atoms with Gasteiger partial charge in [-0.25, -0.2) is 0 Å². The van der Waals surface area contributed by atoms with Crippen molar-refractivity contribution in [3.63, 3.8) is 0 Å². The largest absolute Gasteiger partial charge is 0.388 e. The molecule has 0 aliphatic heterocycles. The lowest BCUT2D eigenvalue weighted by Gasteiger charge is -2.27. The van der Waals surface area contributed by atoms with Gasteiger partial charge in [-0.3, -0.25) is 10.1 Å². The minimum Gasteiger partial charge on any atom is -0.388 e. The van der Waals surface area contributed by atoms with E-state index in [-0.39, 0.29) is 10.6 Å². The number of benzene rings is 1. The summed E-state index contributed by atoms with van der Waals surface area (Å²) in [6.07, 6.45) is 0. The predicted octanol–water partition coefficient (Wildman–Crippen LogP) is 1.31. The molecule has 6 nitrogen and oxygen atoms in total. The van der Waals surface area contributed by atoms with Crippen LogP contribution in [0.25, 0.3) is 0 Å². The molecule has 0 saturated carbocycles. The average Bonchev–Trinajstić information content (AvgIpc) is 2.28. The maximum atomic E-state index is 10.9. The number of hydrogen-bond acceptors (Lipinski definition) is 5. The first kappa shape index (κ1) is 16.6. The molecule has 0 amide bonds. The molecule has 2 N–H and O–H groups in total. The van der Waals surface area contributed by atoms with Gasteiger partial charge >= 0.3 is 0 Å². The summed E-state index contributed by atoms with van der Waals surface area (Å²) >= 11 is 0. The number of aliphatic hydroxyl groups is 1. The molecule has 0 aliphatic rings. The van der Waals surface area contributed by atoms with Crippen LogP contribution >= 0.6 is 0 Å². The number of aryl methyl sites for hydroxylation is 1. The molecular weight excluding hydrogens is 258 g/mol. The maximum absolute atomic E-state index is 10.9. The van der Waals surface area contributed by atoms with Crippen LogP contribution < -0.4 is 5.32 Å². The van der Waals surface area contributed by atoms with Crippen molar-refractivity contribution < 1.29 is 10.0 Å². The minimum atomic E-state index is -0.833. The monoisotopic (exact) mass is 281 g/mol. The minimum absolute atomic E-state index is 0.129. The fourth-order valence-electron chi connectivity index (χ4n) is 2.17. The van der Waals surface area contributed by atoms with Crippen LogP contribution in [0.1, 0.15) is 18.1 Å². The third-order valence-corrected chi connectivity index (χ3v) is 2.96. The van der Waals surface area contributed by atoms with E-state index in [0.717, 1.165) is 5.56 Å². The highest BCUT2D eigenvalue weighted by Gasteiger charge is 2.20. The molecule has 0 saturated heterocycles. The summed E-state index contributed by atoms with van der Waals surface area (Å²) in [5.41, 5.74) is 0.783. The van der Waals surface area contributed by atoms with Gasteiger partial charge in [-0.15, -0.1) is 0 Å². The van der Waals surface area contributed by atoms with Crippen LogP contribution in [0.15, 0.2) is 18.2 Å². The Morgan fingerprint density at radius 2 is 2.10 bits per heavy atom. The molecule has 1 aromatic carbocycles. The Hall–Kier alpha value is -1.50. The Balaban J connectivity index is 2.58. The predicted molar refractivity (Wildman–Crippen MR) is 78.7 cm³/mol. The van der Waals surface area contributed by atoms with Gasteiger partial charge in [0.2, 0.25) is 0 Å². The summed E-state index contributed by atoms with van der Waals surface area (Å²) in [4.78, 5) is 12.4. The number of nitro benzene ring substituents is 1. The van der Waals surface area contributed by atoms with Gasteiger partial charge in [0, 0.05) is 31.3 Å². The fourth-order valence-corrected chi connectivity index (χ4v) is 2.17. The second-order valence-electron chi connectivity index (χ2n) is 5.72. The molecule has 1 rings (SSSR count). The molecule has 0 bridgehead atoms. The van der Waals surface area contributed by atoms with Crippen molar-refractivity contribution in [2.24, 2.45) is 0 Å². The number of likely N-dealkylation sites (N-methyl/N-ethyl adjacent to an activating group) is 1. The van der Waals surface area contributed by atoms with Crippen LogP contribution in [0.5, 0.6) is 0 Å². The van der Waals surface area contributed by atoms with E-state index in [4.69, 9.17) is 0 Å². The molecule has 112 valence electrons. The van der Waals surface area contributed by atoms with Gasteiger partial charge in [0.1, 0.15) is 0 Å². The van der Waals surface area contributed by atoms with E-state index >= 15 is 0 Å². The molecule has 0 radical (unpaired) electrons. The van der Waals surface area contributed by atoms with E-state index in [1.54, 1.807) is 26.0 Å². The van der Waals surface area contributed by atoms with Crippen LogP contribution in [0.4, 0.5) is 5.69 Å². The Kier molecular flexibility index (Phi) is 5.62. The quantitative estimate of drug-likeness (QED) is 0.582. The number of nitrogens with one attached hydrogen (secondary N) is 1. The van der Waals surface area contributed by atoms with Crippen molar-refractivity contribution in [3.05, 3.63) is 39.4 Å². The number of nitrogens with zero attached hydrogens (tertiary/aromatic N) is 2. The van der Waals surface area contributed by atoms with Gasteiger partial charge in [-0.05, 0) is 33.5 Å². The molecule has 1 aromatic rings. The highest BCUT2D eigenvalue weighted by molar-refractivity contribution is 5.42. The lowest BCUT2D eigenvalue weighted by Crippen LogP contribution is -2.45. The first-order valence-corrected chi connectivity index (χ1v) is 6.53. The lowest BCUT2D eigenvalue weighted by atomic mass is 10.1. The molecule has 20 heavy (non-hydrogen) atoms. The van der Waals surface area contributed by atoms with Crippen LogP contribution in [0.3, 0.4) is 0 Å². The Labute approximate surface area is 119 Å². The summed E-state index contributed by atoms with van der Waals surface area (Å²) in [5.74, 6) is 0. The first-order chi connectivity index (χ1) is 9.21.